The summed E-state index contributed by atoms with van der Waals surface area (Å²) in [5.74, 6) is 0. The molecule has 1 aromatic carbocycles. The Morgan fingerprint density at radius 1 is 1.37 bits per heavy atom. The number of nitrogens with one attached hydrogen (secondary N) is 1. The monoisotopic (exact) mass is 300 g/mol. The Bertz CT molecular complexity index is 584. The fourth-order valence-electron chi connectivity index (χ4n) is 2.01. The average molecular weight is 301 g/mol. The Labute approximate surface area is 119 Å². The smallest absolute Gasteiger partial charge is 0.243 e. The summed E-state index contributed by atoms with van der Waals surface area (Å²) in [5.41, 5.74) is 0.890. The van der Waals surface area contributed by atoms with Gasteiger partial charge in [0, 0.05) is 24.7 Å². The molecule has 1 aliphatic heterocycles. The summed E-state index contributed by atoms with van der Waals surface area (Å²) in [6, 6.07) is 4.90. The molecule has 0 saturated carbocycles. The summed E-state index contributed by atoms with van der Waals surface area (Å²) >= 11 is 6.12. The van der Waals surface area contributed by atoms with Gasteiger partial charge in [0.2, 0.25) is 10.0 Å². The third kappa shape index (κ3) is 3.17. The molecule has 0 amide bonds. The van der Waals surface area contributed by atoms with E-state index in [1.807, 2.05) is 19.2 Å². The zero-order valence-corrected chi connectivity index (χ0v) is 12.3. The molecule has 0 radical (unpaired) electrons. The van der Waals surface area contributed by atoms with Gasteiger partial charge in [-0.25, -0.2) is 8.42 Å². The second kappa shape index (κ2) is 6.05. The molecule has 2 rings (SSSR count). The normalized spacial score (nSPS) is 16.7. The van der Waals surface area contributed by atoms with Crippen LogP contribution in [0.4, 0.5) is 0 Å². The van der Waals surface area contributed by atoms with Crippen LogP contribution >= 0.6 is 11.6 Å². The molecule has 0 saturated heterocycles. The van der Waals surface area contributed by atoms with Crippen molar-refractivity contribution in [3.63, 3.8) is 0 Å². The molecule has 0 bridgehead atoms. The van der Waals surface area contributed by atoms with E-state index < -0.39 is 10.0 Å². The minimum atomic E-state index is -3.44. The van der Waals surface area contributed by atoms with Crippen molar-refractivity contribution in [3.05, 3.63) is 40.9 Å². The first-order chi connectivity index (χ1) is 9.05. The second-order valence-electron chi connectivity index (χ2n) is 4.41. The fourth-order valence-corrected chi connectivity index (χ4v) is 3.75. The van der Waals surface area contributed by atoms with Gasteiger partial charge in [-0.05, 0) is 31.2 Å². The highest BCUT2D eigenvalue weighted by Crippen LogP contribution is 2.24. The van der Waals surface area contributed by atoms with Crippen molar-refractivity contribution in [1.29, 1.82) is 0 Å². The molecular formula is C13H17ClN2O2S. The van der Waals surface area contributed by atoms with Gasteiger partial charge in [-0.1, -0.05) is 29.8 Å². The van der Waals surface area contributed by atoms with Gasteiger partial charge in [0.25, 0.3) is 0 Å². The van der Waals surface area contributed by atoms with E-state index in [4.69, 9.17) is 11.6 Å². The van der Waals surface area contributed by atoms with E-state index in [1.165, 1.54) is 10.4 Å². The molecule has 19 heavy (non-hydrogen) atoms. The van der Waals surface area contributed by atoms with E-state index in [0.29, 0.717) is 24.7 Å². The number of sulfonamides is 1. The summed E-state index contributed by atoms with van der Waals surface area (Å²) in [6.07, 6.45) is 4.62. The quantitative estimate of drug-likeness (QED) is 0.866. The van der Waals surface area contributed by atoms with Crippen molar-refractivity contribution >= 4 is 21.6 Å². The van der Waals surface area contributed by atoms with E-state index in [0.717, 1.165) is 12.0 Å². The van der Waals surface area contributed by atoms with Crippen LogP contribution in [0.5, 0.6) is 0 Å². The molecule has 1 aromatic rings. The highest BCUT2D eigenvalue weighted by atomic mass is 35.5. The zero-order chi connectivity index (χ0) is 13.9. The first-order valence-electron chi connectivity index (χ1n) is 6.14. The molecule has 0 aliphatic carbocycles. The number of rotatable bonds is 4. The van der Waals surface area contributed by atoms with Gasteiger partial charge in [-0.3, -0.25) is 0 Å². The lowest BCUT2D eigenvalue weighted by molar-refractivity contribution is 0.437. The van der Waals surface area contributed by atoms with E-state index in [1.54, 1.807) is 12.1 Å². The van der Waals surface area contributed by atoms with Gasteiger partial charge in [-0.15, -0.1) is 0 Å². The lowest BCUT2D eigenvalue weighted by Gasteiger charge is -2.23. The van der Waals surface area contributed by atoms with Crippen LogP contribution in [0.2, 0.25) is 5.02 Å². The molecule has 0 aromatic heterocycles. The molecule has 0 fully saturated rings. The molecule has 1 N–H and O–H groups in total. The fraction of sp³-hybridized carbons (Fsp3) is 0.385. The molecule has 4 nitrogen and oxygen atoms in total. The van der Waals surface area contributed by atoms with Crippen molar-refractivity contribution in [2.24, 2.45) is 0 Å². The molecular weight excluding hydrogens is 284 g/mol. The van der Waals surface area contributed by atoms with Crippen LogP contribution in [0.3, 0.4) is 0 Å². The van der Waals surface area contributed by atoms with Crippen LogP contribution in [0.15, 0.2) is 35.2 Å². The van der Waals surface area contributed by atoms with Crippen LogP contribution in [-0.4, -0.2) is 32.9 Å². The van der Waals surface area contributed by atoms with Crippen LogP contribution in [-0.2, 0) is 16.6 Å². The molecule has 0 unspecified atom stereocenters. The lowest BCUT2D eigenvalue weighted by Crippen LogP contribution is -2.33. The third-order valence-corrected chi connectivity index (χ3v) is 5.26. The van der Waals surface area contributed by atoms with Crippen molar-refractivity contribution in [1.82, 2.24) is 9.62 Å². The summed E-state index contributed by atoms with van der Waals surface area (Å²) in [5, 5.41) is 3.47. The standard InChI is InChI=1S/C13H17ClN2O2S/c1-15-10-11-5-6-12(9-13(11)14)19(17,18)16-7-3-2-4-8-16/h2-3,5-6,9,15H,4,7-8,10H2,1H3. The largest absolute Gasteiger partial charge is 0.316 e. The van der Waals surface area contributed by atoms with Gasteiger partial charge in [0.05, 0.1) is 4.90 Å². The highest BCUT2D eigenvalue weighted by Gasteiger charge is 2.24. The Balaban J connectivity index is 2.30. The minimum Gasteiger partial charge on any atom is -0.316 e. The Morgan fingerprint density at radius 3 is 2.74 bits per heavy atom. The van der Waals surface area contributed by atoms with E-state index >= 15 is 0 Å². The SMILES string of the molecule is CNCc1ccc(S(=O)(=O)N2CC=CCC2)cc1Cl. The molecule has 6 heteroatoms. The molecule has 1 heterocycles. The predicted octanol–water partition coefficient (Wildman–Crippen LogP) is 2.01. The number of benzene rings is 1. The summed E-state index contributed by atoms with van der Waals surface area (Å²) < 4.78 is 26.3. The first kappa shape index (κ1) is 14.5. The summed E-state index contributed by atoms with van der Waals surface area (Å²) in [4.78, 5) is 0.257. The highest BCUT2D eigenvalue weighted by molar-refractivity contribution is 7.89. The van der Waals surface area contributed by atoms with Crippen LogP contribution in [0.1, 0.15) is 12.0 Å². The Morgan fingerprint density at radius 2 is 2.16 bits per heavy atom. The van der Waals surface area contributed by atoms with Gasteiger partial charge in [0.15, 0.2) is 0 Å². The maximum Gasteiger partial charge on any atom is 0.243 e. The van der Waals surface area contributed by atoms with Crippen molar-refractivity contribution in [2.45, 2.75) is 17.9 Å². The number of hydrogen-bond acceptors (Lipinski definition) is 3. The second-order valence-corrected chi connectivity index (χ2v) is 6.75. The summed E-state index contributed by atoms with van der Waals surface area (Å²) in [7, 11) is -1.62. The van der Waals surface area contributed by atoms with Gasteiger partial charge < -0.3 is 5.32 Å². The van der Waals surface area contributed by atoms with Gasteiger partial charge >= 0.3 is 0 Å². The maximum absolute atomic E-state index is 12.4. The number of hydrogen-bond donors (Lipinski definition) is 1. The lowest BCUT2D eigenvalue weighted by atomic mass is 10.2. The van der Waals surface area contributed by atoms with Gasteiger partial charge in [-0.2, -0.15) is 4.31 Å². The minimum absolute atomic E-state index is 0.257. The predicted molar refractivity (Wildman–Crippen MR) is 76.7 cm³/mol. The van der Waals surface area contributed by atoms with Gasteiger partial charge in [0.1, 0.15) is 0 Å². The maximum atomic E-state index is 12.4. The Kier molecular flexibility index (Phi) is 4.62. The molecule has 1 aliphatic rings. The van der Waals surface area contributed by atoms with Crippen LogP contribution in [0.25, 0.3) is 0 Å². The molecule has 0 atom stereocenters. The summed E-state index contributed by atoms with van der Waals surface area (Å²) in [6.45, 7) is 1.57. The zero-order valence-electron chi connectivity index (χ0n) is 10.8. The topological polar surface area (TPSA) is 49.4 Å². The van der Waals surface area contributed by atoms with E-state index in [-0.39, 0.29) is 4.90 Å². The molecule has 0 spiro atoms. The number of nitrogens with zero attached hydrogens (tertiary/aromatic N) is 1. The van der Waals surface area contributed by atoms with Crippen LogP contribution in [0, 0.1) is 0 Å². The van der Waals surface area contributed by atoms with Crippen LogP contribution < -0.4 is 5.32 Å². The van der Waals surface area contributed by atoms with Crippen molar-refractivity contribution in [2.75, 3.05) is 20.1 Å². The molecule has 104 valence electrons. The Hall–Kier alpha value is -0.880. The average Bonchev–Trinajstić information content (AvgIpc) is 2.42. The van der Waals surface area contributed by atoms with E-state index in [2.05, 4.69) is 5.32 Å². The van der Waals surface area contributed by atoms with E-state index in [9.17, 15) is 8.42 Å². The van der Waals surface area contributed by atoms with Crippen molar-refractivity contribution < 1.29 is 8.42 Å². The number of halogens is 1. The third-order valence-electron chi connectivity index (χ3n) is 3.05. The first-order valence-corrected chi connectivity index (χ1v) is 7.95. The van der Waals surface area contributed by atoms with Crippen molar-refractivity contribution in [3.8, 4) is 0 Å².